The Morgan fingerprint density at radius 3 is 2.82 bits per heavy atom. The first-order chi connectivity index (χ1) is 13.7. The summed E-state index contributed by atoms with van der Waals surface area (Å²) in [6, 6.07) is 17.9. The molecule has 0 radical (unpaired) electrons. The summed E-state index contributed by atoms with van der Waals surface area (Å²) in [5.41, 5.74) is 3.73. The van der Waals surface area contributed by atoms with Crippen molar-refractivity contribution in [2.45, 2.75) is 13.2 Å². The van der Waals surface area contributed by atoms with E-state index in [4.69, 9.17) is 10.8 Å². The number of nitrogens with two attached hydrogens (primary N) is 1. The predicted molar refractivity (Wildman–Crippen MR) is 115 cm³/mol. The van der Waals surface area contributed by atoms with Gasteiger partial charge in [-0.2, -0.15) is 0 Å². The second-order valence-electron chi connectivity index (χ2n) is 6.40. The maximum atomic E-state index is 9.31. The van der Waals surface area contributed by atoms with Crippen LogP contribution in [0.5, 0.6) is 0 Å². The van der Waals surface area contributed by atoms with E-state index in [0.717, 1.165) is 37.6 Å². The molecule has 0 unspecified atom stereocenters. The molecule has 0 atom stereocenters. The van der Waals surface area contributed by atoms with Crippen molar-refractivity contribution in [1.29, 1.82) is 0 Å². The largest absolute Gasteiger partial charge is 0.391 e. The fraction of sp³-hybridized carbons (Fsp3) is 0.143. The molecule has 0 aliphatic heterocycles. The third-order valence-corrected chi connectivity index (χ3v) is 5.60. The number of hydrogen-bond acceptors (Lipinski definition) is 7. The smallest absolute Gasteiger partial charge is 0.167 e. The minimum Gasteiger partial charge on any atom is -0.391 e. The number of hydrogen-bond donors (Lipinski definition) is 3. The second kappa shape index (κ2) is 7.93. The average Bonchev–Trinajstić information content (AvgIpc) is 3.22. The Hall–Kier alpha value is -3.00. The van der Waals surface area contributed by atoms with Gasteiger partial charge in [-0.05, 0) is 48.0 Å². The molecule has 0 aliphatic rings. The van der Waals surface area contributed by atoms with Crippen LogP contribution < -0.4 is 16.2 Å². The Kier molecular flexibility index (Phi) is 5.21. The van der Waals surface area contributed by atoms with Crippen LogP contribution in [0.3, 0.4) is 0 Å². The highest BCUT2D eigenvalue weighted by molar-refractivity contribution is 7.15. The van der Waals surface area contributed by atoms with E-state index in [1.54, 1.807) is 11.2 Å². The Balaban J connectivity index is 1.64. The van der Waals surface area contributed by atoms with Gasteiger partial charge in [0.05, 0.1) is 34.9 Å². The molecule has 3 aromatic heterocycles. The fourth-order valence-corrected chi connectivity index (χ4v) is 3.93. The molecule has 4 rings (SSSR count). The Bertz CT molecular complexity index is 1110. The Labute approximate surface area is 167 Å². The molecule has 142 valence electrons. The highest BCUT2D eigenvalue weighted by atomic mass is 32.1. The molecule has 3 heterocycles. The van der Waals surface area contributed by atoms with E-state index in [-0.39, 0.29) is 6.61 Å². The molecule has 0 fully saturated rings. The minimum absolute atomic E-state index is 0.0337. The van der Waals surface area contributed by atoms with Crippen LogP contribution in [0.4, 0.5) is 11.5 Å². The number of thiophene rings is 1. The van der Waals surface area contributed by atoms with Gasteiger partial charge < -0.3 is 10.4 Å². The van der Waals surface area contributed by atoms with Crippen LogP contribution in [0.15, 0.2) is 60.8 Å². The van der Waals surface area contributed by atoms with Crippen LogP contribution in [0.25, 0.3) is 21.5 Å². The van der Waals surface area contributed by atoms with E-state index in [1.807, 2.05) is 55.6 Å². The quantitative estimate of drug-likeness (QED) is 0.343. The van der Waals surface area contributed by atoms with Gasteiger partial charge in [-0.25, -0.2) is 10.8 Å². The van der Waals surface area contributed by atoms with Crippen molar-refractivity contribution in [3.05, 3.63) is 71.2 Å². The van der Waals surface area contributed by atoms with Gasteiger partial charge in [-0.1, -0.05) is 12.1 Å². The lowest BCUT2D eigenvalue weighted by molar-refractivity contribution is 0.285. The number of aliphatic hydroxyl groups is 1. The van der Waals surface area contributed by atoms with Crippen molar-refractivity contribution in [3.8, 4) is 10.6 Å². The van der Waals surface area contributed by atoms with Gasteiger partial charge >= 0.3 is 0 Å². The number of pyridine rings is 2. The molecule has 0 amide bonds. The number of nitrogens with one attached hydrogen (secondary N) is 1. The van der Waals surface area contributed by atoms with Crippen LogP contribution in [0.1, 0.15) is 10.4 Å². The van der Waals surface area contributed by atoms with Gasteiger partial charge in [-0.15, -0.1) is 11.3 Å². The number of aliphatic hydroxyl groups excluding tert-OH is 1. The lowest BCUT2D eigenvalue weighted by atomic mass is 10.1. The summed E-state index contributed by atoms with van der Waals surface area (Å²) in [5.74, 6) is 7.08. The summed E-state index contributed by atoms with van der Waals surface area (Å²) in [6.07, 6.45) is 1.79. The second-order valence-corrected chi connectivity index (χ2v) is 7.57. The molecule has 7 heteroatoms. The number of hydrazine groups is 1. The van der Waals surface area contributed by atoms with E-state index in [1.165, 1.54) is 11.3 Å². The third-order valence-electron chi connectivity index (χ3n) is 4.51. The number of rotatable bonds is 6. The number of anilines is 2. The molecule has 6 nitrogen and oxygen atoms in total. The first kappa shape index (κ1) is 18.4. The van der Waals surface area contributed by atoms with Gasteiger partial charge in [0.2, 0.25) is 0 Å². The summed E-state index contributed by atoms with van der Waals surface area (Å²) >= 11 is 1.53. The third kappa shape index (κ3) is 3.68. The topological polar surface area (TPSA) is 87.3 Å². The maximum Gasteiger partial charge on any atom is 0.167 e. The SMILES string of the molecule is CNc1ccc(-c2ccc(CO)s2)nc1N(N)Cc1ccc2ncccc2c1. The normalized spacial score (nSPS) is 11.0. The molecule has 0 saturated heterocycles. The first-order valence-corrected chi connectivity index (χ1v) is 9.74. The zero-order valence-electron chi connectivity index (χ0n) is 15.5. The molecule has 0 spiro atoms. The van der Waals surface area contributed by atoms with Crippen LogP contribution in [-0.4, -0.2) is 22.1 Å². The average molecular weight is 392 g/mol. The number of aromatic nitrogens is 2. The summed E-state index contributed by atoms with van der Waals surface area (Å²) in [6.45, 7) is 0.550. The minimum atomic E-state index is 0.0337. The van der Waals surface area contributed by atoms with E-state index in [0.29, 0.717) is 12.4 Å². The van der Waals surface area contributed by atoms with Crippen molar-refractivity contribution in [2.24, 2.45) is 5.84 Å². The van der Waals surface area contributed by atoms with Crippen molar-refractivity contribution in [3.63, 3.8) is 0 Å². The summed E-state index contributed by atoms with van der Waals surface area (Å²) in [4.78, 5) is 11.0. The number of nitrogens with zero attached hydrogens (tertiary/aromatic N) is 3. The summed E-state index contributed by atoms with van der Waals surface area (Å²) in [7, 11) is 1.85. The Morgan fingerprint density at radius 1 is 1.14 bits per heavy atom. The van der Waals surface area contributed by atoms with Crippen LogP contribution >= 0.6 is 11.3 Å². The number of fused-ring (bicyclic) bond motifs is 1. The molecule has 0 saturated carbocycles. The van der Waals surface area contributed by atoms with Gasteiger partial charge in [0.15, 0.2) is 5.82 Å². The van der Waals surface area contributed by atoms with E-state index in [2.05, 4.69) is 16.4 Å². The van der Waals surface area contributed by atoms with Crippen molar-refractivity contribution < 1.29 is 5.11 Å². The van der Waals surface area contributed by atoms with Crippen LogP contribution in [0, 0.1) is 0 Å². The molecule has 0 aliphatic carbocycles. The van der Waals surface area contributed by atoms with Crippen molar-refractivity contribution in [2.75, 3.05) is 17.4 Å². The number of benzene rings is 1. The molecule has 4 aromatic rings. The van der Waals surface area contributed by atoms with Crippen LogP contribution in [0.2, 0.25) is 0 Å². The Morgan fingerprint density at radius 2 is 2.04 bits per heavy atom. The fourth-order valence-electron chi connectivity index (χ4n) is 3.10. The molecule has 0 bridgehead atoms. The zero-order valence-corrected chi connectivity index (χ0v) is 16.3. The lowest BCUT2D eigenvalue weighted by Crippen LogP contribution is -2.31. The van der Waals surface area contributed by atoms with Gasteiger partial charge in [0, 0.05) is 23.5 Å². The summed E-state index contributed by atoms with van der Waals surface area (Å²) in [5, 5.41) is 15.2. The maximum absolute atomic E-state index is 9.31. The lowest BCUT2D eigenvalue weighted by Gasteiger charge is -2.21. The standard InChI is InChI=1S/C21H21N5OS/c1-23-19-8-7-18(20-9-5-16(13-27)28-20)25-21(19)26(22)12-14-4-6-17-15(11-14)3-2-10-24-17/h2-11,23,27H,12-13,22H2,1H3. The molecule has 28 heavy (non-hydrogen) atoms. The molecule has 4 N–H and O–H groups in total. The molecule has 1 aromatic carbocycles. The first-order valence-electron chi connectivity index (χ1n) is 8.92. The van der Waals surface area contributed by atoms with Gasteiger partial charge in [0.25, 0.3) is 0 Å². The van der Waals surface area contributed by atoms with Crippen molar-refractivity contribution >= 4 is 33.7 Å². The summed E-state index contributed by atoms with van der Waals surface area (Å²) < 4.78 is 0. The van der Waals surface area contributed by atoms with E-state index in [9.17, 15) is 5.11 Å². The van der Waals surface area contributed by atoms with Crippen LogP contribution in [-0.2, 0) is 13.2 Å². The van der Waals surface area contributed by atoms with Gasteiger partial charge in [0.1, 0.15) is 0 Å². The predicted octanol–water partition coefficient (Wildman–Crippen LogP) is 3.77. The molecular weight excluding hydrogens is 370 g/mol. The molecular formula is C21H21N5OS. The monoisotopic (exact) mass is 391 g/mol. The van der Waals surface area contributed by atoms with E-state index < -0.39 is 0 Å². The van der Waals surface area contributed by atoms with Gasteiger partial charge in [-0.3, -0.25) is 9.99 Å². The zero-order chi connectivity index (χ0) is 19.5. The van der Waals surface area contributed by atoms with Crippen molar-refractivity contribution in [1.82, 2.24) is 9.97 Å². The highest BCUT2D eigenvalue weighted by Gasteiger charge is 2.13. The van der Waals surface area contributed by atoms with E-state index >= 15 is 0 Å². The highest BCUT2D eigenvalue weighted by Crippen LogP contribution is 2.31.